The molecule has 2 heterocycles. The number of rotatable bonds is 2. The standard InChI is InChI=1S/C14H13ClN4/c1-16-14-17-7-11(15)13(18-14)10-8-19(2)12-6-4-3-5-9(10)12/h3-8H,1-2H3,(H,16,17,18). The van der Waals surface area contributed by atoms with Crippen LogP contribution in [0.5, 0.6) is 0 Å². The van der Waals surface area contributed by atoms with E-state index in [2.05, 4.69) is 32.0 Å². The molecule has 0 spiro atoms. The Kier molecular flexibility index (Phi) is 2.87. The monoisotopic (exact) mass is 272 g/mol. The Hall–Kier alpha value is -2.07. The van der Waals surface area contributed by atoms with Crippen molar-refractivity contribution in [3.05, 3.63) is 41.7 Å². The molecular formula is C14H13ClN4. The van der Waals surface area contributed by atoms with E-state index in [1.54, 1.807) is 13.2 Å². The lowest BCUT2D eigenvalue weighted by molar-refractivity contribution is 0.969. The summed E-state index contributed by atoms with van der Waals surface area (Å²) in [4.78, 5) is 8.57. The van der Waals surface area contributed by atoms with E-state index in [-0.39, 0.29) is 0 Å². The number of nitrogens with one attached hydrogen (secondary N) is 1. The van der Waals surface area contributed by atoms with Crippen molar-refractivity contribution >= 4 is 28.5 Å². The maximum absolute atomic E-state index is 6.24. The summed E-state index contributed by atoms with van der Waals surface area (Å²) in [6, 6.07) is 8.18. The number of para-hydroxylation sites is 1. The van der Waals surface area contributed by atoms with Gasteiger partial charge in [0, 0.05) is 36.8 Å². The highest BCUT2D eigenvalue weighted by Gasteiger charge is 2.13. The number of halogens is 1. The van der Waals surface area contributed by atoms with Crippen LogP contribution in [-0.4, -0.2) is 21.6 Å². The lowest BCUT2D eigenvalue weighted by Crippen LogP contribution is -1.97. The van der Waals surface area contributed by atoms with E-state index >= 15 is 0 Å². The maximum atomic E-state index is 6.24. The minimum Gasteiger partial charge on any atom is -0.357 e. The number of benzene rings is 1. The third-order valence-corrected chi connectivity index (χ3v) is 3.40. The normalized spacial score (nSPS) is 10.9. The van der Waals surface area contributed by atoms with Crippen molar-refractivity contribution in [2.45, 2.75) is 0 Å². The van der Waals surface area contributed by atoms with Gasteiger partial charge < -0.3 is 9.88 Å². The second kappa shape index (κ2) is 4.55. The smallest absolute Gasteiger partial charge is 0.223 e. The minimum absolute atomic E-state index is 0.551. The summed E-state index contributed by atoms with van der Waals surface area (Å²) in [6.07, 6.45) is 3.66. The topological polar surface area (TPSA) is 42.7 Å². The number of anilines is 1. The fraction of sp³-hybridized carbons (Fsp3) is 0.143. The molecule has 0 aliphatic carbocycles. The highest BCUT2D eigenvalue weighted by Crippen LogP contribution is 2.33. The lowest BCUT2D eigenvalue weighted by Gasteiger charge is -2.04. The number of aryl methyl sites for hydroxylation is 1. The van der Waals surface area contributed by atoms with Gasteiger partial charge in [0.2, 0.25) is 5.95 Å². The Morgan fingerprint density at radius 1 is 1.26 bits per heavy atom. The molecule has 0 amide bonds. The molecule has 0 saturated heterocycles. The second-order valence-electron chi connectivity index (χ2n) is 4.31. The molecule has 0 bridgehead atoms. The van der Waals surface area contributed by atoms with E-state index in [4.69, 9.17) is 11.6 Å². The summed E-state index contributed by atoms with van der Waals surface area (Å²) in [5.41, 5.74) is 2.91. The first-order valence-corrected chi connectivity index (χ1v) is 6.33. The average Bonchev–Trinajstić information content (AvgIpc) is 2.77. The van der Waals surface area contributed by atoms with E-state index in [1.165, 1.54) is 0 Å². The maximum Gasteiger partial charge on any atom is 0.223 e. The number of fused-ring (bicyclic) bond motifs is 1. The van der Waals surface area contributed by atoms with Gasteiger partial charge in [0.15, 0.2) is 0 Å². The van der Waals surface area contributed by atoms with Gasteiger partial charge in [0.05, 0.1) is 16.9 Å². The average molecular weight is 273 g/mol. The van der Waals surface area contributed by atoms with Gasteiger partial charge in [-0.2, -0.15) is 0 Å². The first-order chi connectivity index (χ1) is 9.20. The molecule has 96 valence electrons. The van der Waals surface area contributed by atoms with Gasteiger partial charge in [-0.05, 0) is 6.07 Å². The molecule has 1 N–H and O–H groups in total. The summed E-state index contributed by atoms with van der Waals surface area (Å²) in [7, 11) is 3.80. The predicted molar refractivity (Wildman–Crippen MR) is 78.5 cm³/mol. The molecule has 0 aliphatic rings. The Labute approximate surface area is 116 Å². The van der Waals surface area contributed by atoms with Crippen molar-refractivity contribution < 1.29 is 0 Å². The van der Waals surface area contributed by atoms with E-state index in [1.807, 2.05) is 25.4 Å². The fourth-order valence-corrected chi connectivity index (χ4v) is 2.40. The van der Waals surface area contributed by atoms with E-state index in [9.17, 15) is 0 Å². The molecule has 2 aromatic heterocycles. The van der Waals surface area contributed by atoms with E-state index in [0.717, 1.165) is 22.2 Å². The van der Waals surface area contributed by atoms with Gasteiger partial charge >= 0.3 is 0 Å². The van der Waals surface area contributed by atoms with Crippen molar-refractivity contribution in [2.75, 3.05) is 12.4 Å². The Morgan fingerprint density at radius 3 is 2.84 bits per heavy atom. The minimum atomic E-state index is 0.551. The van der Waals surface area contributed by atoms with Crippen LogP contribution in [0.3, 0.4) is 0 Å². The van der Waals surface area contributed by atoms with Crippen molar-refractivity contribution in [3.63, 3.8) is 0 Å². The van der Waals surface area contributed by atoms with Gasteiger partial charge in [-0.25, -0.2) is 9.97 Å². The van der Waals surface area contributed by atoms with Crippen LogP contribution in [0.1, 0.15) is 0 Å². The van der Waals surface area contributed by atoms with Gasteiger partial charge in [0.25, 0.3) is 0 Å². The fourth-order valence-electron chi connectivity index (χ4n) is 2.21. The molecule has 1 aromatic carbocycles. The Morgan fingerprint density at radius 2 is 2.05 bits per heavy atom. The first-order valence-electron chi connectivity index (χ1n) is 5.95. The lowest BCUT2D eigenvalue weighted by atomic mass is 10.1. The van der Waals surface area contributed by atoms with Gasteiger partial charge in [-0.15, -0.1) is 0 Å². The molecule has 3 aromatic rings. The Balaban J connectivity index is 2.30. The van der Waals surface area contributed by atoms with E-state index < -0.39 is 0 Å². The number of aromatic nitrogens is 3. The molecule has 3 rings (SSSR count). The van der Waals surface area contributed by atoms with Crippen LogP contribution in [0, 0.1) is 0 Å². The largest absolute Gasteiger partial charge is 0.357 e. The molecule has 0 unspecified atom stereocenters. The third kappa shape index (κ3) is 1.94. The number of hydrogen-bond acceptors (Lipinski definition) is 3. The van der Waals surface area contributed by atoms with Crippen LogP contribution in [0.2, 0.25) is 5.02 Å². The van der Waals surface area contributed by atoms with Gasteiger partial charge in [-0.1, -0.05) is 29.8 Å². The van der Waals surface area contributed by atoms with Gasteiger partial charge in [0.1, 0.15) is 0 Å². The first kappa shape index (κ1) is 12.0. The van der Waals surface area contributed by atoms with Crippen LogP contribution in [0.25, 0.3) is 22.2 Å². The highest BCUT2D eigenvalue weighted by molar-refractivity contribution is 6.33. The zero-order chi connectivity index (χ0) is 13.4. The summed E-state index contributed by atoms with van der Waals surface area (Å²) in [5, 5.41) is 4.61. The third-order valence-electron chi connectivity index (χ3n) is 3.12. The van der Waals surface area contributed by atoms with Crippen molar-refractivity contribution in [1.29, 1.82) is 0 Å². The highest BCUT2D eigenvalue weighted by atomic mass is 35.5. The van der Waals surface area contributed by atoms with Crippen LogP contribution in [0.15, 0.2) is 36.7 Å². The molecule has 0 atom stereocenters. The molecule has 0 radical (unpaired) electrons. The molecule has 4 nitrogen and oxygen atoms in total. The van der Waals surface area contributed by atoms with Crippen LogP contribution >= 0.6 is 11.6 Å². The van der Waals surface area contributed by atoms with Crippen molar-refractivity contribution in [2.24, 2.45) is 7.05 Å². The summed E-state index contributed by atoms with van der Waals surface area (Å²) < 4.78 is 2.07. The molecule has 0 saturated carbocycles. The molecule has 5 heteroatoms. The van der Waals surface area contributed by atoms with Crippen LogP contribution in [-0.2, 0) is 7.05 Å². The molecular weight excluding hydrogens is 260 g/mol. The Bertz CT molecular complexity index is 748. The quantitative estimate of drug-likeness (QED) is 0.778. The second-order valence-corrected chi connectivity index (χ2v) is 4.72. The van der Waals surface area contributed by atoms with Crippen molar-refractivity contribution in [1.82, 2.24) is 14.5 Å². The van der Waals surface area contributed by atoms with Crippen molar-refractivity contribution in [3.8, 4) is 11.3 Å². The zero-order valence-corrected chi connectivity index (χ0v) is 11.4. The number of nitrogens with zero attached hydrogens (tertiary/aromatic N) is 3. The van der Waals surface area contributed by atoms with Crippen LogP contribution < -0.4 is 5.32 Å². The van der Waals surface area contributed by atoms with Crippen LogP contribution in [0.4, 0.5) is 5.95 Å². The van der Waals surface area contributed by atoms with Gasteiger partial charge in [-0.3, -0.25) is 0 Å². The van der Waals surface area contributed by atoms with E-state index in [0.29, 0.717) is 11.0 Å². The summed E-state index contributed by atoms with van der Waals surface area (Å²) >= 11 is 6.24. The number of hydrogen-bond donors (Lipinski definition) is 1. The summed E-state index contributed by atoms with van der Waals surface area (Å²) in [5.74, 6) is 0.562. The SMILES string of the molecule is CNc1ncc(Cl)c(-c2cn(C)c3ccccc23)n1. The molecule has 0 aliphatic heterocycles. The molecule has 19 heavy (non-hydrogen) atoms. The summed E-state index contributed by atoms with van der Waals surface area (Å²) in [6.45, 7) is 0. The molecule has 0 fully saturated rings. The zero-order valence-electron chi connectivity index (χ0n) is 10.7. The predicted octanol–water partition coefficient (Wildman–Crippen LogP) is 3.33.